The first-order valence-electron chi connectivity index (χ1n) is 4.31. The normalized spacial score (nSPS) is 11.9. The molecular formula is C10H6F3NO2. The van der Waals surface area contributed by atoms with Crippen LogP contribution in [0, 0.1) is 0 Å². The van der Waals surface area contributed by atoms with E-state index in [9.17, 15) is 18.0 Å². The highest BCUT2D eigenvalue weighted by Crippen LogP contribution is 2.28. The van der Waals surface area contributed by atoms with E-state index in [-0.39, 0.29) is 15.6 Å². The van der Waals surface area contributed by atoms with E-state index in [0.717, 1.165) is 12.3 Å². The van der Waals surface area contributed by atoms with Crippen LogP contribution in [-0.4, -0.2) is 15.6 Å². The third-order valence-corrected chi connectivity index (χ3v) is 2.21. The molecule has 6 heteroatoms. The molecular weight excluding hydrogens is 223 g/mol. The first-order valence-corrected chi connectivity index (χ1v) is 4.31. The average molecular weight is 229 g/mol. The van der Waals surface area contributed by atoms with Gasteiger partial charge in [-0.05, 0) is 23.6 Å². The van der Waals surface area contributed by atoms with Crippen LogP contribution in [0.5, 0.6) is 0 Å². The van der Waals surface area contributed by atoms with E-state index in [0.29, 0.717) is 5.39 Å². The van der Waals surface area contributed by atoms with Crippen LogP contribution in [0.1, 0.15) is 10.4 Å². The summed E-state index contributed by atoms with van der Waals surface area (Å²) in [7, 11) is 0. The fourth-order valence-corrected chi connectivity index (χ4v) is 1.48. The molecule has 0 bridgehead atoms. The molecule has 84 valence electrons. The lowest BCUT2D eigenvalue weighted by atomic mass is 10.2. The molecule has 0 radical (unpaired) electrons. The van der Waals surface area contributed by atoms with Crippen LogP contribution in [0.3, 0.4) is 0 Å². The van der Waals surface area contributed by atoms with Crippen LogP contribution in [0.4, 0.5) is 13.2 Å². The minimum absolute atomic E-state index is 0.0920. The lowest BCUT2D eigenvalue weighted by molar-refractivity contribution is -0.200. The van der Waals surface area contributed by atoms with Crippen molar-refractivity contribution in [3.63, 3.8) is 0 Å². The first-order chi connectivity index (χ1) is 7.39. The molecule has 0 atom stereocenters. The van der Waals surface area contributed by atoms with Gasteiger partial charge in [-0.3, -0.25) is 4.57 Å². The van der Waals surface area contributed by atoms with E-state index in [1.807, 2.05) is 0 Å². The van der Waals surface area contributed by atoms with Gasteiger partial charge in [-0.15, -0.1) is 13.2 Å². The van der Waals surface area contributed by atoms with Crippen LogP contribution in [0.2, 0.25) is 0 Å². The van der Waals surface area contributed by atoms with Crippen molar-refractivity contribution in [3.05, 3.63) is 36.0 Å². The molecule has 0 aliphatic heterocycles. The molecule has 0 spiro atoms. The van der Waals surface area contributed by atoms with E-state index < -0.39 is 12.3 Å². The topological polar surface area (TPSA) is 42.2 Å². The number of aromatic carboxylic acids is 1. The molecule has 2 rings (SSSR count). The number of hydrogen-bond acceptors (Lipinski definition) is 1. The predicted molar refractivity (Wildman–Crippen MR) is 50.2 cm³/mol. The highest BCUT2D eigenvalue weighted by Gasteiger charge is 2.31. The van der Waals surface area contributed by atoms with E-state index in [1.165, 1.54) is 18.2 Å². The van der Waals surface area contributed by atoms with Crippen LogP contribution >= 0.6 is 0 Å². The number of hydrogen-bond donors (Lipinski definition) is 1. The Morgan fingerprint density at radius 1 is 1.25 bits per heavy atom. The molecule has 0 aliphatic carbocycles. The van der Waals surface area contributed by atoms with Crippen molar-refractivity contribution >= 4 is 16.9 Å². The van der Waals surface area contributed by atoms with Gasteiger partial charge in [-0.25, -0.2) is 4.79 Å². The maximum absolute atomic E-state index is 12.5. The van der Waals surface area contributed by atoms with Gasteiger partial charge in [0.25, 0.3) is 0 Å². The number of rotatable bonds is 1. The summed E-state index contributed by atoms with van der Waals surface area (Å²) in [5.41, 5.74) is -0.330. The highest BCUT2D eigenvalue weighted by molar-refractivity contribution is 5.93. The van der Waals surface area contributed by atoms with E-state index >= 15 is 0 Å². The second-order valence-electron chi connectivity index (χ2n) is 3.23. The van der Waals surface area contributed by atoms with Gasteiger partial charge in [0.1, 0.15) is 0 Å². The number of alkyl halides is 3. The summed E-state index contributed by atoms with van der Waals surface area (Å²) < 4.78 is 37.6. The lowest BCUT2D eigenvalue weighted by Gasteiger charge is -2.09. The Bertz CT molecular complexity index is 557. The number of carboxylic acid groups (broad SMARTS) is 1. The molecule has 0 amide bonds. The second-order valence-corrected chi connectivity index (χ2v) is 3.23. The summed E-state index contributed by atoms with van der Waals surface area (Å²) in [5, 5.41) is 9.03. The number of aromatic nitrogens is 1. The highest BCUT2D eigenvalue weighted by atomic mass is 19.4. The van der Waals surface area contributed by atoms with Gasteiger partial charge in [0.05, 0.1) is 11.1 Å². The van der Waals surface area contributed by atoms with Gasteiger partial charge in [0.2, 0.25) is 0 Å². The summed E-state index contributed by atoms with van der Waals surface area (Å²) in [6.45, 7) is 0. The quantitative estimate of drug-likeness (QED) is 0.816. The number of fused-ring (bicyclic) bond motifs is 1. The standard InChI is InChI=1S/C10H6F3NO2/c11-10(12,13)14-4-3-6-1-2-7(9(15)16)5-8(6)14/h1-5H,(H,15,16). The Morgan fingerprint density at radius 3 is 2.50 bits per heavy atom. The molecule has 1 N–H and O–H groups in total. The van der Waals surface area contributed by atoms with Gasteiger partial charge in [0, 0.05) is 6.20 Å². The lowest BCUT2D eigenvalue weighted by Crippen LogP contribution is -2.15. The Hall–Kier alpha value is -1.98. The fraction of sp³-hybridized carbons (Fsp3) is 0.100. The van der Waals surface area contributed by atoms with E-state index in [1.54, 1.807) is 0 Å². The third kappa shape index (κ3) is 1.62. The minimum atomic E-state index is -4.54. The van der Waals surface area contributed by atoms with Crippen molar-refractivity contribution in [3.8, 4) is 0 Å². The summed E-state index contributed by atoms with van der Waals surface area (Å²) >= 11 is 0. The summed E-state index contributed by atoms with van der Waals surface area (Å²) in [6, 6.07) is 4.91. The van der Waals surface area contributed by atoms with Gasteiger partial charge < -0.3 is 5.11 Å². The number of halogens is 3. The van der Waals surface area contributed by atoms with Gasteiger partial charge in [0.15, 0.2) is 0 Å². The van der Waals surface area contributed by atoms with Gasteiger partial charge >= 0.3 is 12.3 Å². The summed E-state index contributed by atoms with van der Waals surface area (Å²) in [6.07, 6.45) is -3.67. The van der Waals surface area contributed by atoms with Crippen molar-refractivity contribution in [1.82, 2.24) is 4.57 Å². The maximum Gasteiger partial charge on any atom is 0.488 e. The largest absolute Gasteiger partial charge is 0.488 e. The molecule has 0 fully saturated rings. The smallest absolute Gasteiger partial charge is 0.478 e. The zero-order valence-corrected chi connectivity index (χ0v) is 7.82. The Balaban J connectivity index is 2.70. The van der Waals surface area contributed by atoms with Crippen LogP contribution < -0.4 is 0 Å². The SMILES string of the molecule is O=C(O)c1ccc2ccn(C(F)(F)F)c2c1. The number of carboxylic acids is 1. The zero-order chi connectivity index (χ0) is 11.9. The molecule has 0 aliphatic rings. The molecule has 0 saturated carbocycles. The molecule has 1 heterocycles. The molecule has 16 heavy (non-hydrogen) atoms. The predicted octanol–water partition coefficient (Wildman–Crippen LogP) is 2.82. The zero-order valence-electron chi connectivity index (χ0n) is 7.82. The van der Waals surface area contributed by atoms with Crippen molar-refractivity contribution in [2.24, 2.45) is 0 Å². The summed E-state index contributed by atoms with van der Waals surface area (Å²) in [5.74, 6) is -1.25. The second kappa shape index (κ2) is 3.26. The van der Waals surface area contributed by atoms with Crippen molar-refractivity contribution in [1.29, 1.82) is 0 Å². The van der Waals surface area contributed by atoms with Crippen molar-refractivity contribution in [2.75, 3.05) is 0 Å². The molecule has 0 saturated heterocycles. The number of carbonyl (C=O) groups is 1. The third-order valence-electron chi connectivity index (χ3n) is 2.21. The number of nitrogens with zero attached hydrogens (tertiary/aromatic N) is 1. The van der Waals surface area contributed by atoms with Crippen LogP contribution in [0.25, 0.3) is 10.9 Å². The number of benzene rings is 1. The molecule has 1 aromatic carbocycles. The van der Waals surface area contributed by atoms with Gasteiger partial charge in [-0.1, -0.05) is 6.07 Å². The Labute approximate surface area is 87.7 Å². The summed E-state index contributed by atoms with van der Waals surface area (Å²) in [4.78, 5) is 10.6. The van der Waals surface area contributed by atoms with Crippen LogP contribution in [-0.2, 0) is 6.30 Å². The Morgan fingerprint density at radius 2 is 1.94 bits per heavy atom. The van der Waals surface area contributed by atoms with Gasteiger partial charge in [-0.2, -0.15) is 0 Å². The van der Waals surface area contributed by atoms with Crippen LogP contribution in [0.15, 0.2) is 30.5 Å². The molecule has 2 aromatic rings. The minimum Gasteiger partial charge on any atom is -0.478 e. The van der Waals surface area contributed by atoms with Crippen molar-refractivity contribution < 1.29 is 23.1 Å². The van der Waals surface area contributed by atoms with E-state index in [2.05, 4.69) is 0 Å². The average Bonchev–Trinajstić information content (AvgIpc) is 2.58. The molecule has 3 nitrogen and oxygen atoms in total. The maximum atomic E-state index is 12.5. The fourth-order valence-electron chi connectivity index (χ4n) is 1.48. The van der Waals surface area contributed by atoms with Crippen molar-refractivity contribution in [2.45, 2.75) is 6.30 Å². The van der Waals surface area contributed by atoms with E-state index in [4.69, 9.17) is 5.11 Å². The first kappa shape index (κ1) is 10.5. The molecule has 0 unspecified atom stereocenters. The molecule has 1 aromatic heterocycles. The monoisotopic (exact) mass is 229 g/mol. The Kier molecular flexibility index (Phi) is 2.15.